The van der Waals surface area contributed by atoms with Gasteiger partial charge in [0.1, 0.15) is 0 Å². The Morgan fingerprint density at radius 2 is 2.12 bits per heavy atom. The molecule has 2 atom stereocenters. The summed E-state index contributed by atoms with van der Waals surface area (Å²) in [6.45, 7) is 5.09. The first-order chi connectivity index (χ1) is 7.59. The Bertz CT molecular complexity index is 408. The molecule has 2 heterocycles. The first kappa shape index (κ1) is 10.9. The summed E-state index contributed by atoms with van der Waals surface area (Å²) in [5.41, 5.74) is 0.0449. The molecule has 0 aliphatic carbocycles. The predicted molar refractivity (Wildman–Crippen MR) is 59.6 cm³/mol. The molecule has 2 rings (SSSR count). The summed E-state index contributed by atoms with van der Waals surface area (Å²) in [4.78, 5) is 21.1. The van der Waals surface area contributed by atoms with Crippen LogP contribution in [0.2, 0.25) is 0 Å². The lowest BCUT2D eigenvalue weighted by atomic mass is 10.1. The third-order valence-electron chi connectivity index (χ3n) is 2.94. The maximum atomic E-state index is 11.0. The lowest BCUT2D eigenvalue weighted by Crippen LogP contribution is -2.29. The third-order valence-corrected chi connectivity index (χ3v) is 2.94. The summed E-state index contributed by atoms with van der Waals surface area (Å²) in [6, 6.07) is 0.324. The van der Waals surface area contributed by atoms with Gasteiger partial charge in [0.2, 0.25) is 0 Å². The highest BCUT2D eigenvalue weighted by Gasteiger charge is 2.30. The summed E-state index contributed by atoms with van der Waals surface area (Å²) >= 11 is 0. The van der Waals surface area contributed by atoms with Gasteiger partial charge in [-0.05, 0) is 19.3 Å². The molecule has 0 saturated carbocycles. The Hall–Kier alpha value is -1.65. The van der Waals surface area contributed by atoms with Gasteiger partial charge in [0, 0.05) is 25.0 Å². The Morgan fingerprint density at radius 1 is 1.44 bits per heavy atom. The highest BCUT2D eigenvalue weighted by molar-refractivity contribution is 5.91. The number of aromatic nitrogens is 2. The first-order valence-corrected chi connectivity index (χ1v) is 5.40. The van der Waals surface area contributed by atoms with Crippen LogP contribution in [-0.4, -0.2) is 33.6 Å². The van der Waals surface area contributed by atoms with Crippen LogP contribution in [0.4, 0.5) is 5.82 Å². The minimum atomic E-state index is -1.02. The molecule has 5 nitrogen and oxygen atoms in total. The Kier molecular flexibility index (Phi) is 2.77. The van der Waals surface area contributed by atoms with Gasteiger partial charge in [-0.2, -0.15) is 0 Å². The van der Waals surface area contributed by atoms with Crippen LogP contribution in [0.5, 0.6) is 0 Å². The van der Waals surface area contributed by atoms with E-state index in [0.717, 1.165) is 13.0 Å². The molecule has 1 saturated heterocycles. The van der Waals surface area contributed by atoms with E-state index in [9.17, 15) is 4.79 Å². The van der Waals surface area contributed by atoms with Crippen molar-refractivity contribution < 1.29 is 9.90 Å². The van der Waals surface area contributed by atoms with Crippen molar-refractivity contribution in [2.45, 2.75) is 26.3 Å². The second kappa shape index (κ2) is 4.08. The van der Waals surface area contributed by atoms with Crippen molar-refractivity contribution in [2.75, 3.05) is 11.4 Å². The largest absolute Gasteiger partial charge is 0.476 e. The fourth-order valence-corrected chi connectivity index (χ4v) is 2.29. The van der Waals surface area contributed by atoms with E-state index in [2.05, 4.69) is 23.8 Å². The van der Waals surface area contributed by atoms with E-state index >= 15 is 0 Å². The number of anilines is 1. The van der Waals surface area contributed by atoms with Crippen LogP contribution >= 0.6 is 0 Å². The van der Waals surface area contributed by atoms with Crippen molar-refractivity contribution in [3.8, 4) is 0 Å². The monoisotopic (exact) mass is 221 g/mol. The number of nitrogens with zero attached hydrogens (tertiary/aromatic N) is 3. The standard InChI is InChI=1S/C11H15N3O2/c1-7-5-8(2)14(6-7)10-9(11(15)16)12-3-4-13-10/h3-4,7-8H,5-6H2,1-2H3,(H,15,16). The van der Waals surface area contributed by atoms with Gasteiger partial charge in [0.05, 0.1) is 0 Å². The van der Waals surface area contributed by atoms with Gasteiger partial charge in [0.15, 0.2) is 11.5 Å². The molecule has 0 amide bonds. The topological polar surface area (TPSA) is 66.3 Å². The molecule has 5 heteroatoms. The Balaban J connectivity index is 2.36. The predicted octanol–water partition coefficient (Wildman–Crippen LogP) is 1.41. The number of aromatic carboxylic acids is 1. The molecular weight excluding hydrogens is 206 g/mol. The maximum Gasteiger partial charge on any atom is 0.358 e. The summed E-state index contributed by atoms with van der Waals surface area (Å²) in [5.74, 6) is 0.0420. The molecule has 0 bridgehead atoms. The van der Waals surface area contributed by atoms with Crippen LogP contribution in [0.15, 0.2) is 12.4 Å². The maximum absolute atomic E-state index is 11.0. The van der Waals surface area contributed by atoms with E-state index in [1.54, 1.807) is 0 Å². The number of carboxylic acids is 1. The van der Waals surface area contributed by atoms with Gasteiger partial charge < -0.3 is 10.0 Å². The summed E-state index contributed by atoms with van der Waals surface area (Å²) in [5, 5.41) is 9.05. The van der Waals surface area contributed by atoms with Crippen molar-refractivity contribution in [1.82, 2.24) is 9.97 Å². The molecule has 1 N–H and O–H groups in total. The second-order valence-corrected chi connectivity index (χ2v) is 4.38. The number of hydrogen-bond acceptors (Lipinski definition) is 4. The Labute approximate surface area is 94.1 Å². The number of hydrogen-bond donors (Lipinski definition) is 1. The van der Waals surface area contributed by atoms with Crippen molar-refractivity contribution >= 4 is 11.8 Å². The number of rotatable bonds is 2. The van der Waals surface area contributed by atoms with Gasteiger partial charge in [0.25, 0.3) is 0 Å². The molecule has 0 spiro atoms. The van der Waals surface area contributed by atoms with Crippen LogP contribution in [-0.2, 0) is 0 Å². The highest BCUT2D eigenvalue weighted by Crippen LogP contribution is 2.28. The average molecular weight is 221 g/mol. The minimum Gasteiger partial charge on any atom is -0.476 e. The molecule has 16 heavy (non-hydrogen) atoms. The summed E-state index contributed by atoms with van der Waals surface area (Å²) in [6.07, 6.45) is 4.02. The normalized spacial score (nSPS) is 24.8. The van der Waals surface area contributed by atoms with E-state index < -0.39 is 5.97 Å². The van der Waals surface area contributed by atoms with Gasteiger partial charge in [-0.25, -0.2) is 14.8 Å². The molecule has 86 valence electrons. The van der Waals surface area contributed by atoms with E-state index in [4.69, 9.17) is 5.11 Å². The van der Waals surface area contributed by atoms with Gasteiger partial charge in [-0.15, -0.1) is 0 Å². The van der Waals surface area contributed by atoms with Crippen LogP contribution in [0.1, 0.15) is 30.8 Å². The van der Waals surface area contributed by atoms with Crippen molar-refractivity contribution in [2.24, 2.45) is 5.92 Å². The van der Waals surface area contributed by atoms with E-state index in [-0.39, 0.29) is 5.69 Å². The van der Waals surface area contributed by atoms with E-state index in [0.29, 0.717) is 17.8 Å². The van der Waals surface area contributed by atoms with Gasteiger partial charge in [-0.1, -0.05) is 6.92 Å². The van der Waals surface area contributed by atoms with Gasteiger partial charge in [-0.3, -0.25) is 0 Å². The second-order valence-electron chi connectivity index (χ2n) is 4.38. The zero-order valence-electron chi connectivity index (χ0n) is 9.42. The smallest absolute Gasteiger partial charge is 0.358 e. The molecule has 1 aliphatic heterocycles. The SMILES string of the molecule is CC1CC(C)N(c2nccnc2C(=O)O)C1. The zero-order valence-corrected chi connectivity index (χ0v) is 9.42. The van der Waals surface area contributed by atoms with Crippen LogP contribution < -0.4 is 4.90 Å². The molecule has 1 fully saturated rings. The van der Waals surface area contributed by atoms with Crippen molar-refractivity contribution in [3.05, 3.63) is 18.1 Å². The fraction of sp³-hybridized carbons (Fsp3) is 0.545. The quantitative estimate of drug-likeness (QED) is 0.817. The lowest BCUT2D eigenvalue weighted by molar-refractivity contribution is 0.0690. The van der Waals surface area contributed by atoms with E-state index in [1.807, 2.05) is 4.90 Å². The molecule has 1 aromatic rings. The van der Waals surface area contributed by atoms with Crippen LogP contribution in [0.25, 0.3) is 0 Å². The number of carboxylic acid groups (broad SMARTS) is 1. The highest BCUT2D eigenvalue weighted by atomic mass is 16.4. The number of carbonyl (C=O) groups is 1. The summed E-state index contributed by atoms with van der Waals surface area (Å²) < 4.78 is 0. The molecule has 1 aliphatic rings. The van der Waals surface area contributed by atoms with Crippen molar-refractivity contribution in [1.29, 1.82) is 0 Å². The van der Waals surface area contributed by atoms with Crippen LogP contribution in [0.3, 0.4) is 0 Å². The average Bonchev–Trinajstić information content (AvgIpc) is 2.57. The Morgan fingerprint density at radius 3 is 2.69 bits per heavy atom. The van der Waals surface area contributed by atoms with Gasteiger partial charge >= 0.3 is 5.97 Å². The first-order valence-electron chi connectivity index (χ1n) is 5.40. The molecule has 2 unspecified atom stereocenters. The summed E-state index contributed by atoms with van der Waals surface area (Å²) in [7, 11) is 0. The minimum absolute atomic E-state index is 0.0449. The lowest BCUT2D eigenvalue weighted by Gasteiger charge is -2.23. The zero-order chi connectivity index (χ0) is 11.7. The molecule has 0 radical (unpaired) electrons. The van der Waals surface area contributed by atoms with Crippen LogP contribution in [0, 0.1) is 5.92 Å². The van der Waals surface area contributed by atoms with Crippen molar-refractivity contribution in [3.63, 3.8) is 0 Å². The van der Waals surface area contributed by atoms with E-state index in [1.165, 1.54) is 12.4 Å². The fourth-order valence-electron chi connectivity index (χ4n) is 2.29. The molecule has 1 aromatic heterocycles. The third kappa shape index (κ3) is 1.85. The molecular formula is C11H15N3O2. The molecule has 0 aromatic carbocycles.